The van der Waals surface area contributed by atoms with E-state index >= 15 is 0 Å². The Bertz CT molecular complexity index is 727. The molecule has 4 heteroatoms. The van der Waals surface area contributed by atoms with E-state index in [0.29, 0.717) is 0 Å². The van der Waals surface area contributed by atoms with E-state index in [1.54, 1.807) is 11.3 Å². The molecule has 2 aromatic heterocycles. The summed E-state index contributed by atoms with van der Waals surface area (Å²) < 4.78 is 2.23. The van der Waals surface area contributed by atoms with Gasteiger partial charge in [-0.25, -0.2) is 4.98 Å². The Labute approximate surface area is 115 Å². The fraction of sp³-hybridized carbons (Fsp3) is 0.200. The van der Waals surface area contributed by atoms with Crippen molar-refractivity contribution in [3.63, 3.8) is 0 Å². The topological polar surface area (TPSA) is 34.9 Å². The normalized spacial score (nSPS) is 11.0. The molecule has 1 aromatic carbocycles. The number of carbonyl (C=O) groups excluding carboxylic acids is 1. The molecule has 0 bridgehead atoms. The molecule has 3 aromatic rings. The minimum Gasteiger partial charge on any atom is -0.347 e. The van der Waals surface area contributed by atoms with Crippen molar-refractivity contribution in [2.45, 2.75) is 19.9 Å². The molecule has 0 fully saturated rings. The van der Waals surface area contributed by atoms with Crippen LogP contribution in [0.15, 0.2) is 36.0 Å². The van der Waals surface area contributed by atoms with Gasteiger partial charge in [-0.1, -0.05) is 0 Å². The van der Waals surface area contributed by atoms with Crippen molar-refractivity contribution in [1.82, 2.24) is 9.55 Å². The summed E-state index contributed by atoms with van der Waals surface area (Å²) in [6, 6.07) is 7.86. The van der Waals surface area contributed by atoms with Crippen molar-refractivity contribution in [2.75, 3.05) is 0 Å². The quantitative estimate of drug-likeness (QED) is 0.680. The molecule has 19 heavy (non-hydrogen) atoms. The van der Waals surface area contributed by atoms with Gasteiger partial charge in [0, 0.05) is 40.5 Å². The van der Waals surface area contributed by atoms with E-state index < -0.39 is 0 Å². The molecule has 0 spiro atoms. The molecule has 0 amide bonds. The Kier molecular flexibility index (Phi) is 3.17. The van der Waals surface area contributed by atoms with Crippen molar-refractivity contribution in [3.8, 4) is 0 Å². The average Bonchev–Trinajstić information content (AvgIpc) is 3.02. The second kappa shape index (κ2) is 4.97. The number of benzene rings is 1. The number of aryl methyl sites for hydroxylation is 3. The zero-order valence-corrected chi connectivity index (χ0v) is 11.5. The van der Waals surface area contributed by atoms with Crippen LogP contribution >= 0.6 is 11.3 Å². The zero-order chi connectivity index (χ0) is 13.2. The molecule has 0 radical (unpaired) electrons. The minimum atomic E-state index is 0.726. The molecule has 0 aliphatic heterocycles. The fourth-order valence-electron chi connectivity index (χ4n) is 2.28. The SMILES string of the molecule is Cc1ncsc1CCn1ccc2cc(C=O)ccc21. The van der Waals surface area contributed by atoms with Crippen LogP contribution in [0.3, 0.4) is 0 Å². The van der Waals surface area contributed by atoms with Crippen LogP contribution in [-0.2, 0) is 13.0 Å². The summed E-state index contributed by atoms with van der Waals surface area (Å²) in [7, 11) is 0. The van der Waals surface area contributed by atoms with Gasteiger partial charge in [-0.3, -0.25) is 4.79 Å². The van der Waals surface area contributed by atoms with E-state index in [-0.39, 0.29) is 0 Å². The average molecular weight is 270 g/mol. The van der Waals surface area contributed by atoms with E-state index in [2.05, 4.69) is 28.7 Å². The first-order valence-corrected chi connectivity index (χ1v) is 7.09. The van der Waals surface area contributed by atoms with Crippen LogP contribution in [0.5, 0.6) is 0 Å². The van der Waals surface area contributed by atoms with Crippen molar-refractivity contribution >= 4 is 28.5 Å². The molecule has 0 aliphatic rings. The largest absolute Gasteiger partial charge is 0.347 e. The van der Waals surface area contributed by atoms with Gasteiger partial charge < -0.3 is 4.57 Å². The van der Waals surface area contributed by atoms with Gasteiger partial charge in [-0.15, -0.1) is 11.3 Å². The number of fused-ring (bicyclic) bond motifs is 1. The predicted molar refractivity (Wildman–Crippen MR) is 77.9 cm³/mol. The lowest BCUT2D eigenvalue weighted by Crippen LogP contribution is -1.99. The fourth-order valence-corrected chi connectivity index (χ4v) is 3.05. The van der Waals surface area contributed by atoms with E-state index in [1.165, 1.54) is 10.4 Å². The summed E-state index contributed by atoms with van der Waals surface area (Å²) in [6.45, 7) is 2.99. The lowest BCUT2D eigenvalue weighted by molar-refractivity contribution is 0.112. The Hall–Kier alpha value is -1.94. The molecule has 0 aliphatic carbocycles. The van der Waals surface area contributed by atoms with Gasteiger partial charge >= 0.3 is 0 Å². The lowest BCUT2D eigenvalue weighted by Gasteiger charge is -2.05. The van der Waals surface area contributed by atoms with Crippen molar-refractivity contribution in [3.05, 3.63) is 52.1 Å². The van der Waals surface area contributed by atoms with Crippen LogP contribution in [0.25, 0.3) is 10.9 Å². The second-order valence-electron chi connectivity index (χ2n) is 4.56. The van der Waals surface area contributed by atoms with Crippen LogP contribution in [0.2, 0.25) is 0 Å². The van der Waals surface area contributed by atoms with Gasteiger partial charge in [-0.2, -0.15) is 0 Å². The Morgan fingerprint density at radius 1 is 1.37 bits per heavy atom. The van der Waals surface area contributed by atoms with E-state index in [9.17, 15) is 4.79 Å². The van der Waals surface area contributed by atoms with Crippen molar-refractivity contribution in [2.24, 2.45) is 0 Å². The van der Waals surface area contributed by atoms with Crippen LogP contribution in [0, 0.1) is 6.92 Å². The molecule has 3 rings (SSSR count). The highest BCUT2D eigenvalue weighted by molar-refractivity contribution is 7.09. The summed E-state index contributed by atoms with van der Waals surface area (Å²) in [5.41, 5.74) is 4.93. The summed E-state index contributed by atoms with van der Waals surface area (Å²) in [5.74, 6) is 0. The van der Waals surface area contributed by atoms with Gasteiger partial charge in [0.05, 0.1) is 11.2 Å². The third-order valence-electron chi connectivity index (χ3n) is 3.36. The maximum atomic E-state index is 10.8. The van der Waals surface area contributed by atoms with E-state index in [0.717, 1.165) is 35.9 Å². The molecular formula is C15H14N2OS. The molecular weight excluding hydrogens is 256 g/mol. The number of carbonyl (C=O) groups is 1. The molecule has 0 unspecified atom stereocenters. The number of nitrogens with zero attached hydrogens (tertiary/aromatic N) is 2. The molecule has 2 heterocycles. The van der Waals surface area contributed by atoms with Gasteiger partial charge in [-0.05, 0) is 31.2 Å². The minimum absolute atomic E-state index is 0.726. The van der Waals surface area contributed by atoms with Crippen LogP contribution < -0.4 is 0 Å². The van der Waals surface area contributed by atoms with Crippen LogP contribution in [-0.4, -0.2) is 15.8 Å². The maximum absolute atomic E-state index is 10.8. The summed E-state index contributed by atoms with van der Waals surface area (Å²) >= 11 is 1.71. The molecule has 0 N–H and O–H groups in total. The highest BCUT2D eigenvalue weighted by Crippen LogP contribution is 2.19. The van der Waals surface area contributed by atoms with Crippen molar-refractivity contribution in [1.29, 1.82) is 0 Å². The second-order valence-corrected chi connectivity index (χ2v) is 5.50. The number of hydrogen-bond acceptors (Lipinski definition) is 3. The first kappa shape index (κ1) is 12.1. The first-order valence-electron chi connectivity index (χ1n) is 6.21. The lowest BCUT2D eigenvalue weighted by atomic mass is 10.2. The molecule has 0 atom stereocenters. The molecule has 0 saturated heterocycles. The van der Waals surface area contributed by atoms with Gasteiger partial charge in [0.2, 0.25) is 0 Å². The standard InChI is InChI=1S/C15H14N2OS/c1-11-15(19-10-16-11)5-7-17-6-4-13-8-12(9-18)2-3-14(13)17/h2-4,6,8-10H,5,7H2,1H3. The van der Waals surface area contributed by atoms with Crippen molar-refractivity contribution < 1.29 is 4.79 Å². The van der Waals surface area contributed by atoms with Gasteiger partial charge in [0.25, 0.3) is 0 Å². The number of hydrogen-bond donors (Lipinski definition) is 0. The molecule has 96 valence electrons. The van der Waals surface area contributed by atoms with Crippen LogP contribution in [0.1, 0.15) is 20.9 Å². The molecule has 3 nitrogen and oxygen atoms in total. The number of thiazole rings is 1. The van der Waals surface area contributed by atoms with E-state index in [1.807, 2.05) is 23.7 Å². The third kappa shape index (κ3) is 2.31. The Balaban J connectivity index is 1.85. The monoisotopic (exact) mass is 270 g/mol. The van der Waals surface area contributed by atoms with E-state index in [4.69, 9.17) is 0 Å². The number of rotatable bonds is 4. The summed E-state index contributed by atoms with van der Waals surface area (Å²) in [6.07, 6.45) is 3.96. The predicted octanol–water partition coefficient (Wildman–Crippen LogP) is 3.46. The third-order valence-corrected chi connectivity index (χ3v) is 4.35. The Morgan fingerprint density at radius 2 is 2.26 bits per heavy atom. The zero-order valence-electron chi connectivity index (χ0n) is 10.7. The summed E-state index contributed by atoms with van der Waals surface area (Å²) in [5, 5.41) is 1.12. The van der Waals surface area contributed by atoms with Crippen LogP contribution in [0.4, 0.5) is 0 Å². The number of aromatic nitrogens is 2. The maximum Gasteiger partial charge on any atom is 0.150 e. The summed E-state index contributed by atoms with van der Waals surface area (Å²) in [4.78, 5) is 16.4. The highest BCUT2D eigenvalue weighted by atomic mass is 32.1. The number of aldehydes is 1. The Morgan fingerprint density at radius 3 is 3.00 bits per heavy atom. The van der Waals surface area contributed by atoms with Gasteiger partial charge in [0.1, 0.15) is 6.29 Å². The van der Waals surface area contributed by atoms with Gasteiger partial charge in [0.15, 0.2) is 0 Å². The molecule has 0 saturated carbocycles. The first-order chi connectivity index (χ1) is 9.28. The highest BCUT2D eigenvalue weighted by Gasteiger charge is 2.05. The smallest absolute Gasteiger partial charge is 0.150 e.